The van der Waals surface area contributed by atoms with E-state index in [2.05, 4.69) is 11.9 Å². The van der Waals surface area contributed by atoms with E-state index in [0.29, 0.717) is 5.92 Å². The van der Waals surface area contributed by atoms with Crippen LogP contribution in [0, 0.1) is 5.92 Å². The zero-order chi connectivity index (χ0) is 7.56. The smallest absolute Gasteiger partial charge is 0.0475 e. The minimum atomic E-state index is 0.170. The van der Waals surface area contributed by atoms with Crippen molar-refractivity contribution in [2.45, 2.75) is 12.5 Å². The molecule has 2 atom stereocenters. The van der Waals surface area contributed by atoms with Crippen LogP contribution >= 0.6 is 0 Å². The zero-order valence-electron chi connectivity index (χ0n) is 6.45. The van der Waals surface area contributed by atoms with E-state index in [0.717, 1.165) is 19.5 Å². The number of hydrogen-bond donors (Lipinski definition) is 2. The molecule has 0 bridgehead atoms. The highest BCUT2D eigenvalue weighted by molar-refractivity contribution is 4.80. The third-order valence-corrected chi connectivity index (χ3v) is 2.24. The molecule has 1 rings (SSSR count). The molecule has 0 aromatic rings. The van der Waals surface area contributed by atoms with Crippen molar-refractivity contribution in [3.05, 3.63) is 0 Å². The molecule has 3 heteroatoms. The Kier molecular flexibility index (Phi) is 2.65. The van der Waals surface area contributed by atoms with E-state index in [-0.39, 0.29) is 12.6 Å². The van der Waals surface area contributed by atoms with Gasteiger partial charge in [-0.3, -0.25) is 0 Å². The maximum Gasteiger partial charge on any atom is 0.0475 e. The van der Waals surface area contributed by atoms with Gasteiger partial charge in [-0.15, -0.1) is 0 Å². The van der Waals surface area contributed by atoms with Crippen molar-refractivity contribution < 1.29 is 5.11 Å². The molecule has 1 heterocycles. The molecule has 0 aliphatic carbocycles. The second-order valence-corrected chi connectivity index (χ2v) is 3.16. The van der Waals surface area contributed by atoms with Crippen LogP contribution in [0.3, 0.4) is 0 Å². The number of nitrogens with two attached hydrogens (primary N) is 1. The molecule has 10 heavy (non-hydrogen) atoms. The maximum atomic E-state index is 8.85. The van der Waals surface area contributed by atoms with Gasteiger partial charge in [-0.2, -0.15) is 0 Å². The maximum absolute atomic E-state index is 8.85. The Morgan fingerprint density at radius 1 is 1.70 bits per heavy atom. The standard InChI is InChI=1S/C7H16N2O/c1-9-3-2-6(5-10)7(8)4-9/h6-7,10H,2-5,8H2,1H3/t6-,7+/m1/s1. The van der Waals surface area contributed by atoms with E-state index < -0.39 is 0 Å². The van der Waals surface area contributed by atoms with Crippen LogP contribution in [0.1, 0.15) is 6.42 Å². The molecule has 60 valence electrons. The van der Waals surface area contributed by atoms with Crippen molar-refractivity contribution in [2.24, 2.45) is 11.7 Å². The molecule has 0 saturated carbocycles. The van der Waals surface area contributed by atoms with Crippen molar-refractivity contribution in [1.82, 2.24) is 4.90 Å². The molecule has 1 saturated heterocycles. The van der Waals surface area contributed by atoms with Gasteiger partial charge in [0.2, 0.25) is 0 Å². The lowest BCUT2D eigenvalue weighted by Gasteiger charge is -2.33. The molecule has 1 aliphatic rings. The zero-order valence-corrected chi connectivity index (χ0v) is 6.45. The van der Waals surface area contributed by atoms with Gasteiger partial charge in [0.05, 0.1) is 0 Å². The number of aliphatic hydroxyl groups excluding tert-OH is 1. The molecule has 0 aromatic heterocycles. The first kappa shape index (κ1) is 7.98. The van der Waals surface area contributed by atoms with Crippen molar-refractivity contribution in [1.29, 1.82) is 0 Å². The predicted octanol–water partition coefficient (Wildman–Crippen LogP) is -0.742. The molecule has 1 aliphatic heterocycles. The predicted molar refractivity (Wildman–Crippen MR) is 40.7 cm³/mol. The lowest BCUT2D eigenvalue weighted by Crippen LogP contribution is -2.47. The van der Waals surface area contributed by atoms with Gasteiger partial charge in [0, 0.05) is 19.2 Å². The van der Waals surface area contributed by atoms with Crippen LogP contribution in [-0.2, 0) is 0 Å². The minimum Gasteiger partial charge on any atom is -0.396 e. The van der Waals surface area contributed by atoms with Crippen LogP contribution in [0.4, 0.5) is 0 Å². The summed E-state index contributed by atoms with van der Waals surface area (Å²) in [6.45, 7) is 2.24. The monoisotopic (exact) mass is 144 g/mol. The summed E-state index contributed by atoms with van der Waals surface area (Å²) in [5.41, 5.74) is 5.78. The summed E-state index contributed by atoms with van der Waals surface area (Å²) in [5, 5.41) is 8.85. The molecule has 0 amide bonds. The normalized spacial score (nSPS) is 36.3. The van der Waals surface area contributed by atoms with Crippen molar-refractivity contribution >= 4 is 0 Å². The van der Waals surface area contributed by atoms with Crippen LogP contribution < -0.4 is 5.73 Å². The summed E-state index contributed by atoms with van der Waals surface area (Å²) >= 11 is 0. The Hall–Kier alpha value is -0.120. The molecule has 0 radical (unpaired) electrons. The molecule has 0 spiro atoms. The molecule has 3 nitrogen and oxygen atoms in total. The molecular weight excluding hydrogens is 128 g/mol. The highest BCUT2D eigenvalue weighted by atomic mass is 16.3. The first-order valence-electron chi connectivity index (χ1n) is 3.79. The summed E-state index contributed by atoms with van der Waals surface area (Å²) in [6.07, 6.45) is 1.04. The van der Waals surface area contributed by atoms with Gasteiger partial charge >= 0.3 is 0 Å². The summed E-state index contributed by atoms with van der Waals surface area (Å²) in [7, 11) is 2.06. The summed E-state index contributed by atoms with van der Waals surface area (Å²) in [4.78, 5) is 2.21. The van der Waals surface area contributed by atoms with Crippen molar-refractivity contribution in [2.75, 3.05) is 26.7 Å². The van der Waals surface area contributed by atoms with E-state index in [1.54, 1.807) is 0 Å². The van der Waals surface area contributed by atoms with Gasteiger partial charge in [-0.05, 0) is 25.9 Å². The Labute approximate surface area is 61.8 Å². The fraction of sp³-hybridized carbons (Fsp3) is 1.00. The molecular formula is C7H16N2O. The van der Waals surface area contributed by atoms with Crippen LogP contribution in [0.25, 0.3) is 0 Å². The van der Waals surface area contributed by atoms with Crippen molar-refractivity contribution in [3.8, 4) is 0 Å². The Bertz CT molecular complexity index is 108. The van der Waals surface area contributed by atoms with Gasteiger partial charge in [-0.25, -0.2) is 0 Å². The van der Waals surface area contributed by atoms with Gasteiger partial charge in [-0.1, -0.05) is 0 Å². The van der Waals surface area contributed by atoms with Gasteiger partial charge < -0.3 is 15.7 Å². The van der Waals surface area contributed by atoms with E-state index in [4.69, 9.17) is 10.8 Å². The lowest BCUT2D eigenvalue weighted by molar-refractivity contribution is 0.127. The van der Waals surface area contributed by atoms with E-state index in [1.807, 2.05) is 0 Å². The fourth-order valence-electron chi connectivity index (χ4n) is 1.43. The number of rotatable bonds is 1. The molecule has 1 fully saturated rings. The molecule has 3 N–H and O–H groups in total. The molecule has 0 unspecified atom stereocenters. The van der Waals surface area contributed by atoms with E-state index >= 15 is 0 Å². The Balaban J connectivity index is 2.36. The first-order chi connectivity index (χ1) is 4.74. The van der Waals surface area contributed by atoms with Gasteiger partial charge in [0.1, 0.15) is 0 Å². The van der Waals surface area contributed by atoms with Crippen LogP contribution in [0.5, 0.6) is 0 Å². The lowest BCUT2D eigenvalue weighted by atomic mass is 9.93. The van der Waals surface area contributed by atoms with Crippen LogP contribution in [0.15, 0.2) is 0 Å². The number of aliphatic hydroxyl groups is 1. The summed E-state index contributed by atoms with van der Waals surface area (Å²) in [5.74, 6) is 0.330. The fourth-order valence-corrected chi connectivity index (χ4v) is 1.43. The summed E-state index contributed by atoms with van der Waals surface area (Å²) < 4.78 is 0. The SMILES string of the molecule is CN1CC[C@H](CO)[C@@H](N)C1. The quantitative estimate of drug-likeness (QED) is 0.509. The number of likely N-dealkylation sites (N-methyl/N-ethyl adjacent to an activating group) is 1. The highest BCUT2D eigenvalue weighted by Gasteiger charge is 2.23. The Morgan fingerprint density at radius 2 is 2.40 bits per heavy atom. The van der Waals surface area contributed by atoms with E-state index in [9.17, 15) is 0 Å². The van der Waals surface area contributed by atoms with Crippen LogP contribution in [0.2, 0.25) is 0 Å². The number of piperidine rings is 1. The van der Waals surface area contributed by atoms with Crippen LogP contribution in [-0.4, -0.2) is 42.8 Å². The topological polar surface area (TPSA) is 49.5 Å². The number of likely N-dealkylation sites (tertiary alicyclic amines) is 1. The number of hydrogen-bond acceptors (Lipinski definition) is 3. The highest BCUT2D eigenvalue weighted by Crippen LogP contribution is 2.13. The minimum absolute atomic E-state index is 0.170. The first-order valence-corrected chi connectivity index (χ1v) is 3.79. The van der Waals surface area contributed by atoms with Crippen molar-refractivity contribution in [3.63, 3.8) is 0 Å². The van der Waals surface area contributed by atoms with E-state index in [1.165, 1.54) is 0 Å². The van der Waals surface area contributed by atoms with Gasteiger partial charge in [0.25, 0.3) is 0 Å². The largest absolute Gasteiger partial charge is 0.396 e. The third kappa shape index (κ3) is 1.68. The third-order valence-electron chi connectivity index (χ3n) is 2.24. The average molecular weight is 144 g/mol. The Morgan fingerprint density at radius 3 is 2.90 bits per heavy atom. The molecule has 0 aromatic carbocycles. The second-order valence-electron chi connectivity index (χ2n) is 3.16. The average Bonchev–Trinajstić information content (AvgIpc) is 1.88. The van der Waals surface area contributed by atoms with Gasteiger partial charge in [0.15, 0.2) is 0 Å². The number of nitrogens with zero attached hydrogens (tertiary/aromatic N) is 1. The summed E-state index contributed by atoms with van der Waals surface area (Å²) in [6, 6.07) is 0.170. The second kappa shape index (κ2) is 3.32.